The summed E-state index contributed by atoms with van der Waals surface area (Å²) in [7, 11) is 0. The van der Waals surface area contributed by atoms with Gasteiger partial charge in [0.1, 0.15) is 10.8 Å². The number of carbonyl (C=O) groups is 2. The molecule has 2 heterocycles. The highest BCUT2D eigenvalue weighted by atomic mass is 32.1. The zero-order valence-corrected chi connectivity index (χ0v) is 23.1. The summed E-state index contributed by atoms with van der Waals surface area (Å²) in [4.78, 5) is 24.7. The quantitative estimate of drug-likeness (QED) is 0.257. The molecule has 0 fully saturated rings. The minimum absolute atomic E-state index is 0.0982. The Hall–Kier alpha value is -4.13. The summed E-state index contributed by atoms with van der Waals surface area (Å²) in [6.07, 6.45) is 5.33. The van der Waals surface area contributed by atoms with E-state index in [0.717, 1.165) is 41.6 Å². The smallest absolute Gasteiger partial charge is 0.405 e. The Morgan fingerprint density at radius 1 is 0.976 bits per heavy atom. The van der Waals surface area contributed by atoms with Gasteiger partial charge in [-0.15, -0.1) is 28.5 Å². The number of para-hydroxylation sites is 1. The van der Waals surface area contributed by atoms with Gasteiger partial charge in [0.15, 0.2) is 5.82 Å². The Bertz CT molecular complexity index is 1410. The molecule has 9 nitrogen and oxygen atoms in total. The maximum atomic E-state index is 12.6. The number of nitrogens with zero attached hydrogens (tertiary/aromatic N) is 4. The van der Waals surface area contributed by atoms with Gasteiger partial charge in [-0.25, -0.2) is 0 Å². The number of rotatable bonds is 12. The molecule has 0 radical (unpaired) electrons. The van der Waals surface area contributed by atoms with Crippen LogP contribution in [0.15, 0.2) is 60.2 Å². The van der Waals surface area contributed by atoms with Gasteiger partial charge in [0.25, 0.3) is 0 Å². The van der Waals surface area contributed by atoms with Crippen LogP contribution in [0.4, 0.5) is 24.1 Å². The summed E-state index contributed by atoms with van der Waals surface area (Å²) in [6.45, 7) is 2.12. The second-order valence-electron chi connectivity index (χ2n) is 9.58. The molecule has 0 saturated heterocycles. The van der Waals surface area contributed by atoms with E-state index in [-0.39, 0.29) is 23.7 Å². The molecule has 3 aromatic rings. The van der Waals surface area contributed by atoms with Crippen molar-refractivity contribution in [1.82, 2.24) is 20.4 Å². The highest BCUT2D eigenvalue weighted by Gasteiger charge is 2.32. The molecule has 2 N–H and O–H groups in total. The van der Waals surface area contributed by atoms with Gasteiger partial charge in [-0.1, -0.05) is 54.7 Å². The third kappa shape index (κ3) is 10.1. The lowest BCUT2D eigenvalue weighted by Crippen LogP contribution is -2.20. The van der Waals surface area contributed by atoms with Crippen LogP contribution in [0.5, 0.6) is 5.75 Å². The van der Waals surface area contributed by atoms with Crippen molar-refractivity contribution in [1.29, 1.82) is 0 Å². The fourth-order valence-corrected chi connectivity index (χ4v) is 4.97. The number of alkyl halides is 3. The summed E-state index contributed by atoms with van der Waals surface area (Å²) in [5.41, 5.74) is 1.84. The predicted molar refractivity (Wildman–Crippen MR) is 148 cm³/mol. The molecule has 2 aromatic heterocycles. The number of benzene rings is 1. The van der Waals surface area contributed by atoms with E-state index in [1.807, 2.05) is 6.08 Å². The minimum atomic E-state index is -4.85. The van der Waals surface area contributed by atoms with Crippen molar-refractivity contribution in [2.75, 3.05) is 10.6 Å². The van der Waals surface area contributed by atoms with Gasteiger partial charge in [0.2, 0.25) is 16.9 Å². The molecule has 2 amide bonds. The maximum absolute atomic E-state index is 12.6. The lowest BCUT2D eigenvalue weighted by Gasteiger charge is -2.13. The number of allylic oxidation sites excluding steroid dienone is 3. The largest absolute Gasteiger partial charge is 0.573 e. The molecular formula is C28H29F3N6O3S. The fourth-order valence-electron chi connectivity index (χ4n) is 4.17. The van der Waals surface area contributed by atoms with Crippen LogP contribution in [0.1, 0.15) is 48.9 Å². The van der Waals surface area contributed by atoms with Crippen LogP contribution in [0.3, 0.4) is 0 Å². The van der Waals surface area contributed by atoms with Crippen LogP contribution < -0.4 is 15.4 Å². The van der Waals surface area contributed by atoms with Crippen molar-refractivity contribution >= 4 is 34.1 Å². The molecule has 13 heteroatoms. The molecule has 0 aliphatic heterocycles. The van der Waals surface area contributed by atoms with E-state index in [0.29, 0.717) is 30.3 Å². The van der Waals surface area contributed by atoms with E-state index in [9.17, 15) is 22.8 Å². The Morgan fingerprint density at radius 3 is 2.51 bits per heavy atom. The molecule has 4 rings (SSSR count). The van der Waals surface area contributed by atoms with Crippen molar-refractivity contribution < 1.29 is 27.5 Å². The Balaban J connectivity index is 1.16. The number of amides is 2. The van der Waals surface area contributed by atoms with Gasteiger partial charge in [0, 0.05) is 12.0 Å². The van der Waals surface area contributed by atoms with Crippen molar-refractivity contribution in [2.45, 2.75) is 58.2 Å². The van der Waals surface area contributed by atoms with Crippen molar-refractivity contribution in [3.8, 4) is 5.75 Å². The van der Waals surface area contributed by atoms with Crippen LogP contribution in [0.25, 0.3) is 0 Å². The van der Waals surface area contributed by atoms with Crippen LogP contribution >= 0.6 is 11.3 Å². The van der Waals surface area contributed by atoms with E-state index in [4.69, 9.17) is 0 Å². The maximum Gasteiger partial charge on any atom is 0.573 e. The topological polar surface area (TPSA) is 119 Å². The minimum Gasteiger partial charge on any atom is -0.405 e. The average molecular weight is 587 g/mol. The third-order valence-electron chi connectivity index (χ3n) is 6.03. The monoisotopic (exact) mass is 586 g/mol. The van der Waals surface area contributed by atoms with E-state index in [2.05, 4.69) is 54.8 Å². The summed E-state index contributed by atoms with van der Waals surface area (Å²) in [5, 5.41) is 23.0. The number of halogens is 3. The highest BCUT2D eigenvalue weighted by molar-refractivity contribution is 7.15. The van der Waals surface area contributed by atoms with Crippen LogP contribution in [0, 0.1) is 5.92 Å². The van der Waals surface area contributed by atoms with Gasteiger partial charge < -0.3 is 15.4 Å². The zero-order valence-electron chi connectivity index (χ0n) is 22.3. The Kier molecular flexibility index (Phi) is 10.2. The second kappa shape index (κ2) is 14.0. The molecule has 216 valence electrons. The molecule has 1 atom stereocenters. The number of aromatic nitrogens is 4. The summed E-state index contributed by atoms with van der Waals surface area (Å²) < 4.78 is 41.8. The molecule has 1 unspecified atom stereocenters. The number of hydrogen-bond donors (Lipinski definition) is 2. The standard InChI is InChI=1S/C28H29F3N6O3S/c1-18-7-6-8-19(15-18)16-24(38)33-27-37-36-26(41-27)12-5-3-10-21-13-14-23(35-34-21)32-25(39)17-20-9-2-4-11-22(20)40-28(29,30)31/h2,4,6,8-9,11,13-15,18H,3,5,7,10,12,16-17H2,1H3,(H,32,35,39)(H,33,37,38). The average Bonchev–Trinajstić information content (AvgIpc) is 3.34. The molecule has 1 aliphatic rings. The normalized spacial score (nSPS) is 14.8. The Labute approximate surface area is 238 Å². The SMILES string of the molecule is CC1C=C(CC(=O)Nc2nnc(CCCCc3ccc(NC(=O)Cc4ccccc4OC(F)(F)F)nn3)s2)C=CC1. The first kappa shape index (κ1) is 29.8. The highest BCUT2D eigenvalue weighted by Crippen LogP contribution is 2.27. The van der Waals surface area contributed by atoms with Crippen molar-refractivity contribution in [3.63, 3.8) is 0 Å². The number of unbranched alkanes of at least 4 members (excludes halogenated alkanes) is 1. The number of anilines is 2. The number of ether oxygens (including phenoxy) is 1. The van der Waals surface area contributed by atoms with Crippen molar-refractivity contribution in [2.24, 2.45) is 5.92 Å². The number of hydrogen-bond acceptors (Lipinski definition) is 8. The number of carbonyl (C=O) groups excluding carboxylic acids is 2. The van der Waals surface area contributed by atoms with Crippen molar-refractivity contribution in [3.05, 3.63) is 76.5 Å². The third-order valence-corrected chi connectivity index (χ3v) is 6.92. The van der Waals surface area contributed by atoms with Crippen LogP contribution in [0.2, 0.25) is 0 Å². The zero-order chi connectivity index (χ0) is 29.2. The summed E-state index contributed by atoms with van der Waals surface area (Å²) in [6, 6.07) is 8.80. The molecular weight excluding hydrogens is 557 g/mol. The first-order chi connectivity index (χ1) is 19.6. The van der Waals surface area contributed by atoms with Gasteiger partial charge in [-0.2, -0.15) is 5.10 Å². The molecule has 41 heavy (non-hydrogen) atoms. The lowest BCUT2D eigenvalue weighted by atomic mass is 9.96. The van der Waals surface area contributed by atoms with Gasteiger partial charge in [0.05, 0.1) is 18.5 Å². The van der Waals surface area contributed by atoms with E-state index < -0.39 is 18.0 Å². The van der Waals surface area contributed by atoms with Gasteiger partial charge >= 0.3 is 6.36 Å². The number of nitrogens with one attached hydrogen (secondary N) is 2. The molecule has 0 spiro atoms. The molecule has 0 bridgehead atoms. The molecule has 0 saturated carbocycles. The summed E-state index contributed by atoms with van der Waals surface area (Å²) >= 11 is 1.36. The van der Waals surface area contributed by atoms with Gasteiger partial charge in [-0.3, -0.25) is 9.59 Å². The number of aryl methyl sites for hydroxylation is 2. The first-order valence-corrected chi connectivity index (χ1v) is 13.9. The lowest BCUT2D eigenvalue weighted by molar-refractivity contribution is -0.274. The van der Waals surface area contributed by atoms with E-state index in [1.54, 1.807) is 12.1 Å². The predicted octanol–water partition coefficient (Wildman–Crippen LogP) is 5.82. The van der Waals surface area contributed by atoms with Crippen LogP contribution in [-0.4, -0.2) is 38.6 Å². The summed E-state index contributed by atoms with van der Waals surface area (Å²) in [5.74, 6) is -0.452. The first-order valence-electron chi connectivity index (χ1n) is 13.1. The van der Waals surface area contributed by atoms with Crippen LogP contribution in [-0.2, 0) is 28.9 Å². The fraction of sp³-hybridized carbons (Fsp3) is 0.357. The second-order valence-corrected chi connectivity index (χ2v) is 10.6. The van der Waals surface area contributed by atoms with E-state index in [1.165, 1.54) is 29.5 Å². The Morgan fingerprint density at radius 2 is 1.76 bits per heavy atom. The van der Waals surface area contributed by atoms with Gasteiger partial charge in [-0.05, 0) is 55.4 Å². The van der Waals surface area contributed by atoms with E-state index >= 15 is 0 Å². The molecule has 1 aromatic carbocycles. The molecule has 1 aliphatic carbocycles.